The van der Waals surface area contributed by atoms with Crippen LogP contribution in [0.4, 0.5) is 0 Å². The summed E-state index contributed by atoms with van der Waals surface area (Å²) in [6.45, 7) is 7.07. The van der Waals surface area contributed by atoms with Gasteiger partial charge in [-0.2, -0.15) is 0 Å². The molecule has 0 radical (unpaired) electrons. The number of ether oxygens (including phenoxy) is 2. The first-order valence-corrected chi connectivity index (χ1v) is 11.1. The Morgan fingerprint density at radius 3 is 1.43 bits per heavy atom. The van der Waals surface area contributed by atoms with Gasteiger partial charge in [-0.1, -0.05) is 64.5 Å². The molecule has 6 heteroatoms. The fourth-order valence-corrected chi connectivity index (χ4v) is 3.21. The number of rotatable bonds is 14. The summed E-state index contributed by atoms with van der Waals surface area (Å²) in [7, 11) is 0. The van der Waals surface area contributed by atoms with Gasteiger partial charge in [0.15, 0.2) is 0 Å². The molecule has 0 aliphatic carbocycles. The van der Waals surface area contributed by atoms with Crippen LogP contribution in [0.1, 0.15) is 113 Å². The van der Waals surface area contributed by atoms with Gasteiger partial charge in [-0.25, -0.2) is 9.59 Å². The summed E-state index contributed by atoms with van der Waals surface area (Å²) in [5.41, 5.74) is -0.00349. The van der Waals surface area contributed by atoms with Crippen LogP contribution in [-0.4, -0.2) is 33.7 Å². The van der Waals surface area contributed by atoms with Crippen LogP contribution in [0.3, 0.4) is 0 Å². The lowest BCUT2D eigenvalue weighted by Gasteiger charge is -2.25. The highest BCUT2D eigenvalue weighted by Crippen LogP contribution is 2.23. The van der Waals surface area contributed by atoms with Gasteiger partial charge < -0.3 is 19.7 Å². The van der Waals surface area contributed by atoms with E-state index in [0.29, 0.717) is 12.8 Å². The zero-order valence-corrected chi connectivity index (χ0v) is 18.9. The number of benzene rings is 1. The first kappa shape index (κ1) is 26.1. The molecule has 170 valence electrons. The van der Waals surface area contributed by atoms with E-state index in [1.54, 1.807) is 12.1 Å². The second kappa shape index (κ2) is 12.7. The van der Waals surface area contributed by atoms with Crippen molar-refractivity contribution in [2.24, 2.45) is 0 Å². The lowest BCUT2D eigenvalue weighted by atomic mass is 10.1. The largest absolute Gasteiger partial charge is 0.430 e. The van der Waals surface area contributed by atoms with E-state index in [-0.39, 0.29) is 11.1 Å². The van der Waals surface area contributed by atoms with Crippen molar-refractivity contribution < 1.29 is 29.3 Å². The van der Waals surface area contributed by atoms with Gasteiger partial charge in [-0.15, -0.1) is 0 Å². The van der Waals surface area contributed by atoms with Crippen LogP contribution < -0.4 is 0 Å². The molecule has 0 aliphatic heterocycles. The third-order valence-electron chi connectivity index (χ3n) is 4.98. The van der Waals surface area contributed by atoms with E-state index in [1.807, 2.05) is 0 Å². The summed E-state index contributed by atoms with van der Waals surface area (Å²) >= 11 is 0. The second-order valence-electron chi connectivity index (χ2n) is 8.30. The standard InChI is InChI=1S/C24H38O6/c1-5-7-9-13-17-23(3,27)29-21(25)19-15-11-12-16-20(19)22(26)30-24(4,28)18-14-10-8-6-2/h11-12,15-16,27-28H,5-10,13-14,17-18H2,1-4H3. The van der Waals surface area contributed by atoms with E-state index < -0.39 is 23.5 Å². The van der Waals surface area contributed by atoms with Gasteiger partial charge in [-0.05, 0) is 25.0 Å². The van der Waals surface area contributed by atoms with Crippen molar-refractivity contribution in [2.45, 2.75) is 103 Å². The van der Waals surface area contributed by atoms with Gasteiger partial charge in [-0.3, -0.25) is 0 Å². The molecule has 2 unspecified atom stereocenters. The number of esters is 2. The molecule has 0 spiro atoms. The molecule has 0 aliphatic rings. The molecule has 6 nitrogen and oxygen atoms in total. The van der Waals surface area contributed by atoms with E-state index in [0.717, 1.165) is 51.4 Å². The van der Waals surface area contributed by atoms with Crippen molar-refractivity contribution in [3.05, 3.63) is 35.4 Å². The minimum absolute atomic E-state index is 0.00174. The first-order valence-electron chi connectivity index (χ1n) is 11.1. The molecule has 1 aromatic carbocycles. The summed E-state index contributed by atoms with van der Waals surface area (Å²) in [6.07, 6.45) is 8.24. The minimum atomic E-state index is -1.62. The lowest BCUT2D eigenvalue weighted by molar-refractivity contribution is -0.159. The van der Waals surface area contributed by atoms with Gasteiger partial charge in [0.25, 0.3) is 0 Å². The molecule has 30 heavy (non-hydrogen) atoms. The Kier molecular flexibility index (Phi) is 11.1. The van der Waals surface area contributed by atoms with Crippen molar-refractivity contribution in [3.8, 4) is 0 Å². The van der Waals surface area contributed by atoms with Gasteiger partial charge >= 0.3 is 11.9 Å². The van der Waals surface area contributed by atoms with Crippen LogP contribution in [0.2, 0.25) is 0 Å². The third kappa shape index (κ3) is 9.72. The van der Waals surface area contributed by atoms with E-state index in [1.165, 1.54) is 26.0 Å². The van der Waals surface area contributed by atoms with Crippen LogP contribution in [0.25, 0.3) is 0 Å². The Balaban J connectivity index is 2.78. The fourth-order valence-electron chi connectivity index (χ4n) is 3.21. The normalized spacial score (nSPS) is 15.1. The predicted molar refractivity (Wildman–Crippen MR) is 116 cm³/mol. The van der Waals surface area contributed by atoms with Crippen molar-refractivity contribution in [1.29, 1.82) is 0 Å². The number of aliphatic hydroxyl groups is 2. The highest BCUT2D eigenvalue weighted by atomic mass is 16.7. The number of carbonyl (C=O) groups is 2. The Labute approximate surface area is 180 Å². The zero-order chi connectivity index (χ0) is 22.6. The molecular formula is C24H38O6. The quantitative estimate of drug-likeness (QED) is 0.238. The Hall–Kier alpha value is -1.92. The topological polar surface area (TPSA) is 93.1 Å². The molecule has 0 aromatic heterocycles. The van der Waals surface area contributed by atoms with E-state index >= 15 is 0 Å². The maximum absolute atomic E-state index is 12.6. The Morgan fingerprint density at radius 2 is 1.10 bits per heavy atom. The third-order valence-corrected chi connectivity index (χ3v) is 4.98. The average Bonchev–Trinajstić information content (AvgIpc) is 2.68. The van der Waals surface area contributed by atoms with Crippen LogP contribution in [-0.2, 0) is 9.47 Å². The molecule has 0 bridgehead atoms. The molecule has 2 N–H and O–H groups in total. The molecule has 0 saturated heterocycles. The molecule has 1 aromatic rings. The number of hydrogen-bond donors (Lipinski definition) is 2. The summed E-state index contributed by atoms with van der Waals surface area (Å²) in [6, 6.07) is 6.10. The van der Waals surface area contributed by atoms with Crippen molar-refractivity contribution >= 4 is 11.9 Å². The molecule has 0 fully saturated rings. The molecular weight excluding hydrogens is 384 g/mol. The molecule has 0 heterocycles. The van der Waals surface area contributed by atoms with Crippen LogP contribution in [0, 0.1) is 0 Å². The van der Waals surface area contributed by atoms with Gasteiger partial charge in [0.1, 0.15) is 0 Å². The van der Waals surface area contributed by atoms with Crippen molar-refractivity contribution in [1.82, 2.24) is 0 Å². The van der Waals surface area contributed by atoms with E-state index in [2.05, 4.69) is 13.8 Å². The molecule has 1 rings (SSSR count). The number of hydrogen-bond acceptors (Lipinski definition) is 6. The number of carbonyl (C=O) groups excluding carboxylic acids is 2. The minimum Gasteiger partial charge on any atom is -0.430 e. The molecule has 0 amide bonds. The van der Waals surface area contributed by atoms with E-state index in [4.69, 9.17) is 9.47 Å². The second-order valence-corrected chi connectivity index (χ2v) is 8.30. The monoisotopic (exact) mass is 422 g/mol. The summed E-state index contributed by atoms with van der Waals surface area (Å²) in [4.78, 5) is 25.3. The maximum Gasteiger partial charge on any atom is 0.341 e. The van der Waals surface area contributed by atoms with E-state index in [9.17, 15) is 19.8 Å². The predicted octanol–water partition coefficient (Wildman–Crippen LogP) is 5.36. The number of unbranched alkanes of at least 4 members (excludes halogenated alkanes) is 6. The van der Waals surface area contributed by atoms with Crippen molar-refractivity contribution in [3.63, 3.8) is 0 Å². The SMILES string of the molecule is CCCCCCC(C)(O)OC(=O)c1ccccc1C(=O)OC(C)(O)CCCCCC. The highest BCUT2D eigenvalue weighted by Gasteiger charge is 2.31. The average molecular weight is 423 g/mol. The van der Waals surface area contributed by atoms with Gasteiger partial charge in [0.2, 0.25) is 11.6 Å². The van der Waals surface area contributed by atoms with Crippen LogP contribution >= 0.6 is 0 Å². The first-order chi connectivity index (χ1) is 14.1. The lowest BCUT2D eigenvalue weighted by Crippen LogP contribution is -2.34. The Morgan fingerprint density at radius 1 is 0.733 bits per heavy atom. The van der Waals surface area contributed by atoms with Crippen LogP contribution in [0.15, 0.2) is 24.3 Å². The molecule has 2 atom stereocenters. The summed E-state index contributed by atoms with van der Waals surface area (Å²) in [5.74, 6) is -4.84. The smallest absolute Gasteiger partial charge is 0.341 e. The van der Waals surface area contributed by atoms with Crippen molar-refractivity contribution in [2.75, 3.05) is 0 Å². The Bertz CT molecular complexity index is 608. The summed E-state index contributed by atoms with van der Waals surface area (Å²) < 4.78 is 10.5. The molecule has 0 saturated carbocycles. The fraction of sp³-hybridized carbons (Fsp3) is 0.667. The maximum atomic E-state index is 12.6. The van der Waals surface area contributed by atoms with Gasteiger partial charge in [0, 0.05) is 26.7 Å². The zero-order valence-electron chi connectivity index (χ0n) is 18.9. The van der Waals surface area contributed by atoms with Gasteiger partial charge in [0.05, 0.1) is 11.1 Å². The highest BCUT2D eigenvalue weighted by molar-refractivity contribution is 6.03. The summed E-state index contributed by atoms with van der Waals surface area (Å²) in [5, 5.41) is 20.8. The van der Waals surface area contributed by atoms with Crippen LogP contribution in [0.5, 0.6) is 0 Å².